The van der Waals surface area contributed by atoms with E-state index in [1.165, 1.54) is 23.0 Å². The average Bonchev–Trinajstić information content (AvgIpc) is 3.30. The van der Waals surface area contributed by atoms with E-state index < -0.39 is 12.0 Å². The number of aromatic nitrogens is 1. The lowest BCUT2D eigenvalue weighted by Crippen LogP contribution is -2.40. The summed E-state index contributed by atoms with van der Waals surface area (Å²) in [4.78, 5) is 32.5. The van der Waals surface area contributed by atoms with Crippen LogP contribution >= 0.6 is 66.4 Å². The highest BCUT2D eigenvalue weighted by Crippen LogP contribution is 2.38. The molecule has 0 unspecified atom stereocenters. The molecule has 0 saturated heterocycles. The fourth-order valence-corrected chi connectivity index (χ4v) is 7.84. The van der Waals surface area contributed by atoms with Crippen LogP contribution in [0.5, 0.6) is 17.2 Å². The van der Waals surface area contributed by atoms with E-state index in [9.17, 15) is 9.59 Å². The number of benzene rings is 3. The SMILES string of the molecule is CCOC(=O)C1=C(C)N=c2s/c(=C\c3cc(Br)c(OCc4ccc(Cl)cc4Cl)c(Br)c3)c(=O)n2[C@H]1c1cc(OC)ccc1OC. The molecule has 0 N–H and O–H groups in total. The van der Waals surface area contributed by atoms with Crippen LogP contribution in [0.2, 0.25) is 10.0 Å². The van der Waals surface area contributed by atoms with E-state index in [1.54, 1.807) is 57.4 Å². The minimum Gasteiger partial charge on any atom is -0.497 e. The summed E-state index contributed by atoms with van der Waals surface area (Å²) in [7, 11) is 3.08. The molecule has 1 atom stereocenters. The topological polar surface area (TPSA) is 88.4 Å². The second-order valence-electron chi connectivity index (χ2n) is 9.75. The highest BCUT2D eigenvalue weighted by molar-refractivity contribution is 9.11. The van der Waals surface area contributed by atoms with Crippen LogP contribution in [0.15, 0.2) is 78.5 Å². The Kier molecular flexibility index (Phi) is 10.4. The molecule has 1 aliphatic rings. The molecule has 0 radical (unpaired) electrons. The van der Waals surface area contributed by atoms with Gasteiger partial charge in [-0.15, -0.1) is 0 Å². The molecule has 234 valence electrons. The van der Waals surface area contributed by atoms with Gasteiger partial charge < -0.3 is 18.9 Å². The third kappa shape index (κ3) is 6.88. The molecule has 3 aromatic carbocycles. The van der Waals surface area contributed by atoms with Crippen molar-refractivity contribution in [1.29, 1.82) is 0 Å². The predicted molar refractivity (Wildman–Crippen MR) is 183 cm³/mol. The molecule has 0 bridgehead atoms. The monoisotopic (exact) mass is 794 g/mol. The summed E-state index contributed by atoms with van der Waals surface area (Å²) < 4.78 is 25.8. The van der Waals surface area contributed by atoms with Gasteiger partial charge in [0.25, 0.3) is 5.56 Å². The first-order valence-electron chi connectivity index (χ1n) is 13.5. The van der Waals surface area contributed by atoms with Crippen LogP contribution in [0.25, 0.3) is 6.08 Å². The highest BCUT2D eigenvalue weighted by atomic mass is 79.9. The standard InChI is InChI=1S/C32H26Br2Cl2N2O6S/c1-5-43-31(40)27-16(2)37-32-38(28(27)21-14-20(41-3)8-9-25(21)42-4)30(39)26(45-32)12-17-10-22(33)29(23(34)11-17)44-15-18-6-7-19(35)13-24(18)36/h6-14,28H,5,15H2,1-4H3/b26-12-/t28-/m0/s1. The number of esters is 1. The maximum atomic E-state index is 14.1. The lowest BCUT2D eigenvalue weighted by molar-refractivity contribution is -0.139. The number of ether oxygens (including phenoxy) is 4. The number of hydrogen-bond acceptors (Lipinski definition) is 8. The first-order chi connectivity index (χ1) is 21.6. The molecular weight excluding hydrogens is 771 g/mol. The Labute approximate surface area is 289 Å². The van der Waals surface area contributed by atoms with Crippen molar-refractivity contribution in [3.63, 3.8) is 0 Å². The molecule has 1 aromatic heterocycles. The predicted octanol–water partition coefficient (Wildman–Crippen LogP) is 7.23. The Bertz CT molecular complexity index is 2000. The van der Waals surface area contributed by atoms with Gasteiger partial charge in [0.2, 0.25) is 0 Å². The smallest absolute Gasteiger partial charge is 0.338 e. The second kappa shape index (κ2) is 14.1. The molecule has 4 aromatic rings. The number of fused-ring (bicyclic) bond motifs is 1. The summed E-state index contributed by atoms with van der Waals surface area (Å²) in [6.07, 6.45) is 1.77. The Morgan fingerprint density at radius 2 is 1.80 bits per heavy atom. The van der Waals surface area contributed by atoms with Crippen LogP contribution < -0.4 is 29.1 Å². The Morgan fingerprint density at radius 1 is 1.07 bits per heavy atom. The normalized spacial score (nSPS) is 14.6. The number of carbonyl (C=O) groups is 1. The molecule has 2 heterocycles. The zero-order chi connectivity index (χ0) is 32.4. The van der Waals surface area contributed by atoms with Crippen molar-refractivity contribution in [3.05, 3.63) is 115 Å². The zero-order valence-electron chi connectivity index (χ0n) is 24.5. The number of nitrogens with zero attached hydrogens (tertiary/aromatic N) is 2. The van der Waals surface area contributed by atoms with Crippen LogP contribution in [-0.2, 0) is 16.1 Å². The van der Waals surface area contributed by atoms with Gasteiger partial charge in [-0.2, -0.15) is 0 Å². The molecule has 0 amide bonds. The fraction of sp³-hybridized carbons (Fsp3) is 0.219. The van der Waals surface area contributed by atoms with Gasteiger partial charge in [-0.1, -0.05) is 40.6 Å². The number of thiazole rings is 1. The maximum Gasteiger partial charge on any atom is 0.338 e. The van der Waals surface area contributed by atoms with Gasteiger partial charge in [0.15, 0.2) is 4.80 Å². The van der Waals surface area contributed by atoms with Gasteiger partial charge in [-0.25, -0.2) is 9.79 Å². The van der Waals surface area contributed by atoms with Gasteiger partial charge in [0.05, 0.1) is 45.6 Å². The van der Waals surface area contributed by atoms with Crippen molar-refractivity contribution in [2.45, 2.75) is 26.5 Å². The van der Waals surface area contributed by atoms with Crippen molar-refractivity contribution >= 4 is 78.4 Å². The summed E-state index contributed by atoms with van der Waals surface area (Å²) in [5.74, 6) is 1.03. The first kappa shape index (κ1) is 33.3. The summed E-state index contributed by atoms with van der Waals surface area (Å²) in [6, 6.07) is 13.3. The molecule has 8 nitrogen and oxygen atoms in total. The van der Waals surface area contributed by atoms with Crippen LogP contribution in [0.3, 0.4) is 0 Å². The summed E-state index contributed by atoms with van der Waals surface area (Å²) >= 11 is 20.7. The molecule has 1 aliphatic heterocycles. The van der Waals surface area contributed by atoms with Gasteiger partial charge >= 0.3 is 5.97 Å². The lowest BCUT2D eigenvalue weighted by atomic mass is 9.94. The Morgan fingerprint density at radius 3 is 2.44 bits per heavy atom. The highest BCUT2D eigenvalue weighted by Gasteiger charge is 2.35. The number of carbonyl (C=O) groups excluding carboxylic acids is 1. The van der Waals surface area contributed by atoms with Crippen molar-refractivity contribution in [3.8, 4) is 17.2 Å². The van der Waals surface area contributed by atoms with E-state index in [2.05, 4.69) is 36.9 Å². The van der Waals surface area contributed by atoms with Crippen molar-refractivity contribution < 1.29 is 23.7 Å². The van der Waals surface area contributed by atoms with Crippen LogP contribution in [0.4, 0.5) is 0 Å². The number of methoxy groups -OCH3 is 2. The molecular formula is C32H26Br2Cl2N2O6S. The molecule has 5 rings (SSSR count). The number of hydrogen-bond donors (Lipinski definition) is 0. The number of halogens is 4. The third-order valence-corrected chi connectivity index (χ3v) is 9.70. The van der Waals surface area contributed by atoms with Gasteiger partial charge in [-0.05, 0) is 99.8 Å². The van der Waals surface area contributed by atoms with E-state index in [1.807, 2.05) is 18.2 Å². The van der Waals surface area contributed by atoms with E-state index in [-0.39, 0.29) is 24.3 Å². The van der Waals surface area contributed by atoms with Crippen LogP contribution in [-0.4, -0.2) is 31.4 Å². The summed E-state index contributed by atoms with van der Waals surface area (Å²) in [6.45, 7) is 3.84. The number of allylic oxidation sites excluding steroid dienone is 1. The van der Waals surface area contributed by atoms with Crippen LogP contribution in [0, 0.1) is 0 Å². The second-order valence-corrected chi connectivity index (χ2v) is 13.3. The van der Waals surface area contributed by atoms with E-state index in [4.69, 9.17) is 42.1 Å². The lowest BCUT2D eigenvalue weighted by Gasteiger charge is -2.26. The van der Waals surface area contributed by atoms with Crippen molar-refractivity contribution in [1.82, 2.24) is 4.57 Å². The van der Waals surface area contributed by atoms with Gasteiger partial charge in [-0.3, -0.25) is 9.36 Å². The molecule has 0 spiro atoms. The minimum absolute atomic E-state index is 0.165. The first-order valence-corrected chi connectivity index (χ1v) is 16.7. The quantitative estimate of drug-likeness (QED) is 0.166. The maximum absolute atomic E-state index is 14.1. The summed E-state index contributed by atoms with van der Waals surface area (Å²) in [5, 5.41) is 1.05. The molecule has 0 fully saturated rings. The Balaban J connectivity index is 1.59. The fourth-order valence-electron chi connectivity index (χ4n) is 4.88. The molecule has 45 heavy (non-hydrogen) atoms. The molecule has 0 saturated carbocycles. The van der Waals surface area contributed by atoms with Crippen LogP contribution in [0.1, 0.15) is 36.6 Å². The van der Waals surface area contributed by atoms with Gasteiger partial charge in [0, 0.05) is 21.2 Å². The van der Waals surface area contributed by atoms with E-state index >= 15 is 0 Å². The largest absolute Gasteiger partial charge is 0.497 e. The minimum atomic E-state index is -0.860. The van der Waals surface area contributed by atoms with E-state index in [0.29, 0.717) is 56.8 Å². The number of rotatable bonds is 9. The molecule has 0 aliphatic carbocycles. The van der Waals surface area contributed by atoms with E-state index in [0.717, 1.165) is 11.1 Å². The zero-order valence-corrected chi connectivity index (χ0v) is 30.0. The van der Waals surface area contributed by atoms with Gasteiger partial charge in [0.1, 0.15) is 29.9 Å². The summed E-state index contributed by atoms with van der Waals surface area (Å²) in [5.41, 5.74) is 2.44. The van der Waals surface area contributed by atoms with Crippen molar-refractivity contribution in [2.24, 2.45) is 4.99 Å². The average molecular weight is 797 g/mol. The third-order valence-electron chi connectivity index (χ3n) is 6.95. The molecule has 13 heteroatoms. The Hall–Kier alpha value is -3.09. The van der Waals surface area contributed by atoms with Crippen molar-refractivity contribution in [2.75, 3.05) is 20.8 Å².